The number of rotatable bonds is 4. The lowest BCUT2D eigenvalue weighted by Gasteiger charge is -2.09. The van der Waals surface area contributed by atoms with Gasteiger partial charge < -0.3 is 15.2 Å². The molecular formula is C23H23FN4O2. The van der Waals surface area contributed by atoms with Crippen LogP contribution < -0.4 is 10.6 Å². The van der Waals surface area contributed by atoms with E-state index in [0.717, 1.165) is 43.5 Å². The van der Waals surface area contributed by atoms with Gasteiger partial charge in [0.1, 0.15) is 17.3 Å². The molecule has 2 aromatic carbocycles. The monoisotopic (exact) mass is 406 g/mol. The largest absolute Gasteiger partial charge is 0.327 e. The van der Waals surface area contributed by atoms with Crippen LogP contribution in [0.3, 0.4) is 0 Å². The fourth-order valence-electron chi connectivity index (χ4n) is 3.79. The highest BCUT2D eigenvalue weighted by molar-refractivity contribution is 6.04. The van der Waals surface area contributed by atoms with Crippen molar-refractivity contribution in [3.05, 3.63) is 65.7 Å². The second kappa shape index (κ2) is 8.49. The lowest BCUT2D eigenvalue weighted by molar-refractivity contribution is -0.114. The number of anilines is 2. The Kier molecular flexibility index (Phi) is 5.61. The molecule has 0 saturated heterocycles. The third-order valence-electron chi connectivity index (χ3n) is 5.13. The number of amides is 2. The summed E-state index contributed by atoms with van der Waals surface area (Å²) in [5.41, 5.74) is 3.26. The summed E-state index contributed by atoms with van der Waals surface area (Å²) < 4.78 is 15.5. The minimum absolute atomic E-state index is 0.179. The Morgan fingerprint density at radius 3 is 2.47 bits per heavy atom. The third kappa shape index (κ3) is 4.25. The molecule has 2 N–H and O–H groups in total. The van der Waals surface area contributed by atoms with E-state index in [0.29, 0.717) is 22.9 Å². The predicted octanol–water partition coefficient (Wildman–Crippen LogP) is 4.63. The van der Waals surface area contributed by atoms with Crippen molar-refractivity contribution in [3.8, 4) is 11.4 Å². The van der Waals surface area contributed by atoms with Gasteiger partial charge in [-0.25, -0.2) is 9.37 Å². The van der Waals surface area contributed by atoms with Crippen molar-refractivity contribution >= 4 is 23.2 Å². The van der Waals surface area contributed by atoms with Gasteiger partial charge >= 0.3 is 0 Å². The van der Waals surface area contributed by atoms with Crippen molar-refractivity contribution in [2.75, 3.05) is 10.6 Å². The first-order chi connectivity index (χ1) is 14.5. The number of imidazole rings is 1. The molecule has 1 aliphatic heterocycles. The molecule has 3 aromatic rings. The van der Waals surface area contributed by atoms with E-state index in [1.807, 2.05) is 0 Å². The smallest absolute Gasteiger partial charge is 0.276 e. The van der Waals surface area contributed by atoms with Crippen molar-refractivity contribution in [1.29, 1.82) is 0 Å². The second-order valence-corrected chi connectivity index (χ2v) is 7.42. The molecule has 30 heavy (non-hydrogen) atoms. The molecule has 4 rings (SSSR count). The van der Waals surface area contributed by atoms with E-state index >= 15 is 0 Å². The Hall–Kier alpha value is -3.48. The number of hydrogen-bond acceptors (Lipinski definition) is 3. The van der Waals surface area contributed by atoms with Gasteiger partial charge in [0.05, 0.1) is 5.69 Å². The highest BCUT2D eigenvalue weighted by Gasteiger charge is 2.24. The highest BCUT2D eigenvalue weighted by atomic mass is 19.1. The van der Waals surface area contributed by atoms with Gasteiger partial charge in [-0.2, -0.15) is 0 Å². The van der Waals surface area contributed by atoms with Gasteiger partial charge in [-0.15, -0.1) is 0 Å². The van der Waals surface area contributed by atoms with E-state index in [-0.39, 0.29) is 17.6 Å². The Balaban J connectivity index is 1.67. The summed E-state index contributed by atoms with van der Waals surface area (Å²) in [6, 6.07) is 13.2. The molecule has 0 fully saturated rings. The normalized spacial score (nSPS) is 13.3. The summed E-state index contributed by atoms with van der Waals surface area (Å²) in [6.07, 6.45) is 3.86. The topological polar surface area (TPSA) is 76.0 Å². The molecule has 0 bridgehead atoms. The van der Waals surface area contributed by atoms with Gasteiger partial charge in [-0.3, -0.25) is 9.59 Å². The van der Waals surface area contributed by atoms with Crippen molar-refractivity contribution in [2.24, 2.45) is 0 Å². The van der Waals surface area contributed by atoms with Crippen molar-refractivity contribution in [2.45, 2.75) is 39.2 Å². The zero-order chi connectivity index (χ0) is 21.1. The maximum Gasteiger partial charge on any atom is 0.276 e. The number of hydrogen-bond donors (Lipinski definition) is 2. The van der Waals surface area contributed by atoms with Crippen LogP contribution in [0.15, 0.2) is 48.5 Å². The van der Waals surface area contributed by atoms with Crippen LogP contribution in [-0.2, 0) is 17.8 Å². The zero-order valence-electron chi connectivity index (χ0n) is 16.7. The van der Waals surface area contributed by atoms with Gasteiger partial charge in [0.15, 0.2) is 0 Å². The molecule has 0 atom stereocenters. The highest BCUT2D eigenvalue weighted by Crippen LogP contribution is 2.28. The fraction of sp³-hybridized carbons (Fsp3) is 0.261. The Morgan fingerprint density at radius 1 is 1.00 bits per heavy atom. The average molecular weight is 406 g/mol. The van der Waals surface area contributed by atoms with Crippen LogP contribution in [0.5, 0.6) is 0 Å². The number of aromatic nitrogens is 2. The van der Waals surface area contributed by atoms with Gasteiger partial charge in [-0.1, -0.05) is 12.5 Å². The molecule has 0 saturated carbocycles. The Morgan fingerprint density at radius 2 is 1.73 bits per heavy atom. The molecule has 1 aliphatic rings. The van der Waals surface area contributed by atoms with Crippen molar-refractivity contribution < 1.29 is 14.0 Å². The van der Waals surface area contributed by atoms with Crippen LogP contribution in [0.2, 0.25) is 0 Å². The Bertz CT molecular complexity index is 1090. The third-order valence-corrected chi connectivity index (χ3v) is 5.13. The van der Waals surface area contributed by atoms with Crippen LogP contribution >= 0.6 is 0 Å². The SMILES string of the molecule is CC(=O)Nc1cccc(NC(=O)c2nc(-c3ccc(F)cc3)n3c2CCCCC3)c1. The van der Waals surface area contributed by atoms with Gasteiger partial charge in [0.25, 0.3) is 5.91 Å². The molecule has 0 unspecified atom stereocenters. The molecular weight excluding hydrogens is 383 g/mol. The summed E-state index contributed by atoms with van der Waals surface area (Å²) in [4.78, 5) is 29.0. The minimum atomic E-state index is -0.307. The van der Waals surface area contributed by atoms with E-state index in [1.165, 1.54) is 19.1 Å². The van der Waals surface area contributed by atoms with Crippen LogP contribution in [0.25, 0.3) is 11.4 Å². The predicted molar refractivity (Wildman–Crippen MR) is 114 cm³/mol. The molecule has 0 aliphatic carbocycles. The molecule has 1 aromatic heterocycles. The van der Waals surface area contributed by atoms with Crippen LogP contribution in [0, 0.1) is 5.82 Å². The molecule has 0 spiro atoms. The first kappa shape index (κ1) is 19.8. The summed E-state index contributed by atoms with van der Waals surface area (Å²) in [7, 11) is 0. The van der Waals surface area contributed by atoms with Crippen molar-refractivity contribution in [1.82, 2.24) is 9.55 Å². The molecule has 6 nitrogen and oxygen atoms in total. The van der Waals surface area contributed by atoms with E-state index < -0.39 is 0 Å². The molecule has 7 heteroatoms. The summed E-state index contributed by atoms with van der Waals surface area (Å²) in [5, 5.41) is 5.60. The van der Waals surface area contributed by atoms with Crippen LogP contribution in [-0.4, -0.2) is 21.4 Å². The van der Waals surface area contributed by atoms with Gasteiger partial charge in [-0.05, 0) is 61.7 Å². The van der Waals surface area contributed by atoms with E-state index in [4.69, 9.17) is 0 Å². The first-order valence-corrected chi connectivity index (χ1v) is 10.1. The van der Waals surface area contributed by atoms with E-state index in [9.17, 15) is 14.0 Å². The number of carbonyl (C=O) groups is 2. The quantitative estimate of drug-likeness (QED) is 0.663. The van der Waals surface area contributed by atoms with E-state index in [2.05, 4.69) is 20.2 Å². The average Bonchev–Trinajstić information content (AvgIpc) is 2.90. The van der Waals surface area contributed by atoms with Gasteiger partial charge in [0.2, 0.25) is 5.91 Å². The molecule has 2 heterocycles. The number of halogens is 1. The van der Waals surface area contributed by atoms with Crippen LogP contribution in [0.1, 0.15) is 42.4 Å². The zero-order valence-corrected chi connectivity index (χ0v) is 16.7. The lowest BCUT2D eigenvalue weighted by Crippen LogP contribution is -2.15. The van der Waals surface area contributed by atoms with Crippen molar-refractivity contribution in [3.63, 3.8) is 0 Å². The maximum absolute atomic E-state index is 13.4. The number of nitrogens with zero attached hydrogens (tertiary/aromatic N) is 2. The fourth-order valence-corrected chi connectivity index (χ4v) is 3.79. The standard InChI is InChI=1S/C23H23FN4O2/c1-15(29)25-18-6-5-7-19(14-18)26-23(30)21-20-8-3-2-4-13-28(20)22(27-21)16-9-11-17(24)12-10-16/h5-7,9-12,14H,2-4,8,13H2,1H3,(H,25,29)(H,26,30). The molecule has 2 amide bonds. The number of benzene rings is 2. The summed E-state index contributed by atoms with van der Waals surface area (Å²) in [5.74, 6) is -0.0988. The first-order valence-electron chi connectivity index (χ1n) is 10.1. The lowest BCUT2D eigenvalue weighted by atomic mass is 10.1. The Labute approximate surface area is 174 Å². The van der Waals surface area contributed by atoms with E-state index in [1.54, 1.807) is 36.4 Å². The number of fused-ring (bicyclic) bond motifs is 1. The molecule has 154 valence electrons. The summed E-state index contributed by atoms with van der Waals surface area (Å²) in [6.45, 7) is 2.21. The second-order valence-electron chi connectivity index (χ2n) is 7.42. The molecule has 0 radical (unpaired) electrons. The summed E-state index contributed by atoms with van der Waals surface area (Å²) >= 11 is 0. The maximum atomic E-state index is 13.4. The minimum Gasteiger partial charge on any atom is -0.327 e. The van der Waals surface area contributed by atoms with Gasteiger partial charge in [0, 0.05) is 30.4 Å². The number of carbonyl (C=O) groups excluding carboxylic acids is 2. The number of nitrogens with one attached hydrogen (secondary N) is 2. The van der Waals surface area contributed by atoms with Crippen LogP contribution in [0.4, 0.5) is 15.8 Å².